The Morgan fingerprint density at radius 3 is 2.76 bits per heavy atom. The molecule has 0 saturated heterocycles. The van der Waals surface area contributed by atoms with Gasteiger partial charge >= 0.3 is 0 Å². The molecule has 0 aliphatic rings. The van der Waals surface area contributed by atoms with Crippen molar-refractivity contribution in [3.63, 3.8) is 0 Å². The summed E-state index contributed by atoms with van der Waals surface area (Å²) in [7, 11) is 1.93. The van der Waals surface area contributed by atoms with E-state index in [9.17, 15) is 4.39 Å². The van der Waals surface area contributed by atoms with Crippen LogP contribution in [0.4, 0.5) is 4.39 Å². The fraction of sp³-hybridized carbons (Fsp3) is 0.235. The molecule has 3 aromatic rings. The molecule has 108 valence electrons. The minimum absolute atomic E-state index is 0.0786. The number of rotatable bonds is 4. The van der Waals surface area contributed by atoms with Gasteiger partial charge in [-0.25, -0.2) is 4.39 Å². The standard InChI is InChI=1S/C17H18FN3/c1-21-17-8-3-2-7-15(17)16(20-21)11-14(19)10-12-5-4-6-13(18)9-12/h2-9,14H,10-11,19H2,1H3. The summed E-state index contributed by atoms with van der Waals surface area (Å²) in [6.07, 6.45) is 1.32. The summed E-state index contributed by atoms with van der Waals surface area (Å²) in [4.78, 5) is 0. The third kappa shape index (κ3) is 2.95. The lowest BCUT2D eigenvalue weighted by atomic mass is 10.0. The van der Waals surface area contributed by atoms with Gasteiger partial charge in [0.15, 0.2) is 0 Å². The minimum atomic E-state index is -0.219. The van der Waals surface area contributed by atoms with Crippen LogP contribution in [0.2, 0.25) is 0 Å². The van der Waals surface area contributed by atoms with Gasteiger partial charge in [-0.15, -0.1) is 0 Å². The van der Waals surface area contributed by atoms with E-state index in [2.05, 4.69) is 11.2 Å². The van der Waals surface area contributed by atoms with Gasteiger partial charge in [-0.1, -0.05) is 30.3 Å². The Bertz CT molecular complexity index is 764. The SMILES string of the molecule is Cn1nc(CC(N)Cc2cccc(F)c2)c2ccccc21. The molecular weight excluding hydrogens is 265 g/mol. The number of fused-ring (bicyclic) bond motifs is 1. The molecule has 4 heteroatoms. The van der Waals surface area contributed by atoms with Crippen LogP contribution in [0.15, 0.2) is 48.5 Å². The first-order chi connectivity index (χ1) is 10.1. The Morgan fingerprint density at radius 2 is 1.95 bits per heavy atom. The molecule has 0 fully saturated rings. The summed E-state index contributed by atoms with van der Waals surface area (Å²) in [6.45, 7) is 0. The van der Waals surface area contributed by atoms with Crippen molar-refractivity contribution in [3.05, 3.63) is 65.6 Å². The lowest BCUT2D eigenvalue weighted by Gasteiger charge is -2.10. The Morgan fingerprint density at radius 1 is 1.14 bits per heavy atom. The first-order valence-corrected chi connectivity index (χ1v) is 7.04. The van der Waals surface area contributed by atoms with E-state index in [-0.39, 0.29) is 11.9 Å². The summed E-state index contributed by atoms with van der Waals surface area (Å²) in [5, 5.41) is 5.69. The molecule has 1 heterocycles. The predicted octanol–water partition coefficient (Wildman–Crippen LogP) is 2.82. The van der Waals surface area contributed by atoms with Gasteiger partial charge < -0.3 is 5.73 Å². The Kier molecular flexibility index (Phi) is 3.71. The average molecular weight is 283 g/mol. The molecule has 0 amide bonds. The molecule has 0 aliphatic heterocycles. The van der Waals surface area contributed by atoms with Crippen molar-refractivity contribution in [3.8, 4) is 0 Å². The van der Waals surface area contributed by atoms with Gasteiger partial charge in [0, 0.05) is 24.9 Å². The molecule has 21 heavy (non-hydrogen) atoms. The molecule has 0 aliphatic carbocycles. The highest BCUT2D eigenvalue weighted by Crippen LogP contribution is 2.19. The summed E-state index contributed by atoms with van der Waals surface area (Å²) < 4.78 is 15.1. The van der Waals surface area contributed by atoms with Crippen LogP contribution in [0.3, 0.4) is 0 Å². The van der Waals surface area contributed by atoms with Gasteiger partial charge in [0.05, 0.1) is 11.2 Å². The molecular formula is C17H18FN3. The average Bonchev–Trinajstić information content (AvgIpc) is 2.76. The van der Waals surface area contributed by atoms with Gasteiger partial charge in [0.25, 0.3) is 0 Å². The van der Waals surface area contributed by atoms with Crippen molar-refractivity contribution in [2.75, 3.05) is 0 Å². The highest BCUT2D eigenvalue weighted by molar-refractivity contribution is 5.81. The third-order valence-corrected chi connectivity index (χ3v) is 3.68. The van der Waals surface area contributed by atoms with Crippen LogP contribution in [0.25, 0.3) is 10.9 Å². The number of aromatic nitrogens is 2. The van der Waals surface area contributed by atoms with Crippen LogP contribution < -0.4 is 5.73 Å². The maximum atomic E-state index is 13.2. The maximum absolute atomic E-state index is 13.2. The Balaban J connectivity index is 1.79. The number of hydrogen-bond acceptors (Lipinski definition) is 2. The van der Waals surface area contributed by atoms with Crippen LogP contribution in [0.1, 0.15) is 11.3 Å². The quantitative estimate of drug-likeness (QED) is 0.800. The fourth-order valence-electron chi connectivity index (χ4n) is 2.73. The van der Waals surface area contributed by atoms with E-state index in [4.69, 9.17) is 5.73 Å². The fourth-order valence-corrected chi connectivity index (χ4v) is 2.73. The molecule has 2 aromatic carbocycles. The minimum Gasteiger partial charge on any atom is -0.327 e. The largest absolute Gasteiger partial charge is 0.327 e. The number of hydrogen-bond donors (Lipinski definition) is 1. The van der Waals surface area contributed by atoms with Crippen molar-refractivity contribution >= 4 is 10.9 Å². The van der Waals surface area contributed by atoms with E-state index >= 15 is 0 Å². The molecule has 1 aromatic heterocycles. The second kappa shape index (κ2) is 5.66. The van der Waals surface area contributed by atoms with E-state index in [1.165, 1.54) is 12.1 Å². The topological polar surface area (TPSA) is 43.8 Å². The normalized spacial score (nSPS) is 12.7. The number of benzene rings is 2. The molecule has 0 saturated carbocycles. The van der Waals surface area contributed by atoms with Crippen LogP contribution >= 0.6 is 0 Å². The predicted molar refractivity (Wildman–Crippen MR) is 82.5 cm³/mol. The molecule has 1 unspecified atom stereocenters. The second-order valence-electron chi connectivity index (χ2n) is 5.39. The lowest BCUT2D eigenvalue weighted by molar-refractivity contribution is 0.614. The van der Waals surface area contributed by atoms with Gasteiger partial charge in [0.2, 0.25) is 0 Å². The Labute approximate surface area is 123 Å². The van der Waals surface area contributed by atoms with E-state index in [1.807, 2.05) is 36.0 Å². The second-order valence-corrected chi connectivity index (χ2v) is 5.39. The number of nitrogens with two attached hydrogens (primary N) is 1. The number of aryl methyl sites for hydroxylation is 1. The van der Waals surface area contributed by atoms with Crippen LogP contribution in [0, 0.1) is 5.82 Å². The molecule has 1 atom stereocenters. The first kappa shape index (κ1) is 13.8. The first-order valence-electron chi connectivity index (χ1n) is 7.04. The van der Waals surface area contributed by atoms with E-state index in [0.29, 0.717) is 12.8 Å². The lowest BCUT2D eigenvalue weighted by Crippen LogP contribution is -2.26. The van der Waals surface area contributed by atoms with E-state index in [1.54, 1.807) is 6.07 Å². The molecule has 3 rings (SSSR count). The smallest absolute Gasteiger partial charge is 0.123 e. The van der Waals surface area contributed by atoms with E-state index < -0.39 is 0 Å². The number of para-hydroxylation sites is 1. The summed E-state index contributed by atoms with van der Waals surface area (Å²) in [6, 6.07) is 14.6. The van der Waals surface area contributed by atoms with Crippen LogP contribution in [0.5, 0.6) is 0 Å². The van der Waals surface area contributed by atoms with Crippen LogP contribution in [-0.4, -0.2) is 15.8 Å². The van der Waals surface area contributed by atoms with Gasteiger partial charge in [-0.05, 0) is 30.2 Å². The molecule has 3 nitrogen and oxygen atoms in total. The zero-order valence-corrected chi connectivity index (χ0v) is 12.0. The maximum Gasteiger partial charge on any atom is 0.123 e. The zero-order chi connectivity index (χ0) is 14.8. The monoisotopic (exact) mass is 283 g/mol. The Hall–Kier alpha value is -2.20. The van der Waals surface area contributed by atoms with Crippen molar-refractivity contribution in [2.24, 2.45) is 12.8 Å². The molecule has 0 bridgehead atoms. The highest BCUT2D eigenvalue weighted by Gasteiger charge is 2.12. The van der Waals surface area contributed by atoms with E-state index in [0.717, 1.165) is 22.2 Å². The molecule has 2 N–H and O–H groups in total. The summed E-state index contributed by atoms with van der Waals surface area (Å²) >= 11 is 0. The summed E-state index contributed by atoms with van der Waals surface area (Å²) in [5.41, 5.74) is 9.24. The third-order valence-electron chi connectivity index (χ3n) is 3.68. The highest BCUT2D eigenvalue weighted by atomic mass is 19.1. The molecule has 0 spiro atoms. The number of halogens is 1. The van der Waals surface area contributed by atoms with Crippen LogP contribution in [-0.2, 0) is 19.9 Å². The van der Waals surface area contributed by atoms with Crippen molar-refractivity contribution in [2.45, 2.75) is 18.9 Å². The van der Waals surface area contributed by atoms with Crippen molar-refractivity contribution in [1.82, 2.24) is 9.78 Å². The van der Waals surface area contributed by atoms with Crippen molar-refractivity contribution < 1.29 is 4.39 Å². The number of nitrogens with zero attached hydrogens (tertiary/aromatic N) is 2. The van der Waals surface area contributed by atoms with Gasteiger partial charge in [-0.2, -0.15) is 5.10 Å². The summed E-state index contributed by atoms with van der Waals surface area (Å²) in [5.74, 6) is -0.219. The zero-order valence-electron chi connectivity index (χ0n) is 12.0. The van der Waals surface area contributed by atoms with Crippen molar-refractivity contribution in [1.29, 1.82) is 0 Å². The van der Waals surface area contributed by atoms with Gasteiger partial charge in [-0.3, -0.25) is 4.68 Å². The molecule has 0 radical (unpaired) electrons. The van der Waals surface area contributed by atoms with Gasteiger partial charge in [0.1, 0.15) is 5.82 Å².